The molecule has 2 heterocycles. The second kappa shape index (κ2) is 5.84. The average molecular weight is 255 g/mol. The molecule has 16 heavy (non-hydrogen) atoms. The van der Waals surface area contributed by atoms with Crippen LogP contribution in [-0.4, -0.2) is 41.8 Å². The Morgan fingerprint density at radius 3 is 2.75 bits per heavy atom. The highest BCUT2D eigenvalue weighted by Crippen LogP contribution is 2.18. The lowest BCUT2D eigenvalue weighted by Gasteiger charge is -2.24. The van der Waals surface area contributed by atoms with E-state index in [-0.39, 0.29) is 5.78 Å². The van der Waals surface area contributed by atoms with Gasteiger partial charge in [0, 0.05) is 29.5 Å². The number of Topliss-reactive ketones (excluding diaryl/α,β-unsaturated/α-hetero) is 1. The summed E-state index contributed by atoms with van der Waals surface area (Å²) in [5, 5.41) is 0. The van der Waals surface area contributed by atoms with E-state index in [9.17, 15) is 4.79 Å². The Bertz CT molecular complexity index is 356. The molecule has 0 spiro atoms. The minimum atomic E-state index is 0.289. The van der Waals surface area contributed by atoms with Crippen molar-refractivity contribution in [1.82, 2.24) is 4.90 Å². The van der Waals surface area contributed by atoms with Crippen molar-refractivity contribution in [3.63, 3.8) is 0 Å². The van der Waals surface area contributed by atoms with Crippen LogP contribution in [0.15, 0.2) is 12.1 Å². The first-order chi connectivity index (χ1) is 7.79. The Morgan fingerprint density at radius 2 is 2.12 bits per heavy atom. The van der Waals surface area contributed by atoms with Crippen LogP contribution in [0.2, 0.25) is 0 Å². The first-order valence-corrected chi connectivity index (χ1v) is 7.68. The largest absolute Gasteiger partial charge is 0.294 e. The number of carbonyl (C=O) groups excluding carboxylic acids is 1. The molecular weight excluding hydrogens is 238 g/mol. The normalized spacial score (nSPS) is 17.6. The molecule has 1 saturated heterocycles. The highest BCUT2D eigenvalue weighted by Gasteiger charge is 2.16. The maximum absolute atomic E-state index is 12.0. The van der Waals surface area contributed by atoms with Crippen LogP contribution in [0.25, 0.3) is 0 Å². The van der Waals surface area contributed by atoms with Crippen LogP contribution in [0, 0.1) is 0 Å². The van der Waals surface area contributed by atoms with Gasteiger partial charge in [0.2, 0.25) is 0 Å². The summed E-state index contributed by atoms with van der Waals surface area (Å²) < 4.78 is 0. The third-order valence-electron chi connectivity index (χ3n) is 2.76. The Balaban J connectivity index is 1.91. The zero-order valence-electron chi connectivity index (χ0n) is 9.57. The van der Waals surface area contributed by atoms with Crippen LogP contribution in [0.1, 0.15) is 21.5 Å². The molecule has 1 aliphatic rings. The first-order valence-electron chi connectivity index (χ1n) is 5.71. The van der Waals surface area contributed by atoms with Crippen LogP contribution in [0.5, 0.6) is 0 Å². The van der Waals surface area contributed by atoms with Gasteiger partial charge in [-0.3, -0.25) is 9.69 Å². The molecule has 0 radical (unpaired) electrons. The lowest BCUT2D eigenvalue weighted by molar-refractivity contribution is 0.0941. The van der Waals surface area contributed by atoms with Crippen LogP contribution in [0.4, 0.5) is 0 Å². The van der Waals surface area contributed by atoms with Crippen molar-refractivity contribution in [2.45, 2.75) is 13.3 Å². The minimum absolute atomic E-state index is 0.289. The number of hydrogen-bond donors (Lipinski definition) is 0. The number of hydrogen-bond acceptors (Lipinski definition) is 4. The number of carbonyl (C=O) groups is 1. The molecule has 0 aromatic carbocycles. The van der Waals surface area contributed by atoms with Gasteiger partial charge >= 0.3 is 0 Å². The van der Waals surface area contributed by atoms with Gasteiger partial charge in [-0.05, 0) is 18.6 Å². The van der Waals surface area contributed by atoms with Gasteiger partial charge in [0.1, 0.15) is 0 Å². The summed E-state index contributed by atoms with van der Waals surface area (Å²) in [6, 6.07) is 4.05. The number of nitrogens with zero attached hydrogens (tertiary/aromatic N) is 1. The van der Waals surface area contributed by atoms with E-state index in [2.05, 4.69) is 17.9 Å². The van der Waals surface area contributed by atoms with Gasteiger partial charge < -0.3 is 0 Å². The van der Waals surface area contributed by atoms with Crippen molar-refractivity contribution in [2.24, 2.45) is 0 Å². The molecule has 0 N–H and O–H groups in total. The molecule has 88 valence electrons. The fourth-order valence-corrected chi connectivity index (χ4v) is 3.61. The zero-order valence-corrected chi connectivity index (χ0v) is 11.2. The molecule has 0 amide bonds. The molecule has 0 saturated carbocycles. The Labute approximate surface area is 105 Å². The second-order valence-corrected chi connectivity index (χ2v) is 6.32. The van der Waals surface area contributed by atoms with Crippen LogP contribution in [0.3, 0.4) is 0 Å². The summed E-state index contributed by atoms with van der Waals surface area (Å²) in [6.07, 6.45) is 1.03. The SMILES string of the molecule is CCc1ccc(C(=O)CN2CCSCC2)s1. The quantitative estimate of drug-likeness (QED) is 0.771. The van der Waals surface area contributed by atoms with E-state index in [1.54, 1.807) is 11.3 Å². The molecule has 0 bridgehead atoms. The predicted octanol–water partition coefficient (Wildman–Crippen LogP) is 2.54. The van der Waals surface area contributed by atoms with Gasteiger partial charge in [0.25, 0.3) is 0 Å². The predicted molar refractivity (Wildman–Crippen MR) is 71.8 cm³/mol. The Hall–Kier alpha value is -0.320. The number of rotatable bonds is 4. The summed E-state index contributed by atoms with van der Waals surface area (Å²) in [6.45, 7) is 4.84. The maximum atomic E-state index is 12.0. The molecule has 1 aliphatic heterocycles. The zero-order chi connectivity index (χ0) is 11.4. The molecule has 1 fully saturated rings. The van der Waals surface area contributed by atoms with Gasteiger partial charge in [-0.25, -0.2) is 0 Å². The van der Waals surface area contributed by atoms with E-state index in [0.29, 0.717) is 6.54 Å². The number of thiophene rings is 1. The summed E-state index contributed by atoms with van der Waals surface area (Å²) >= 11 is 3.63. The number of ketones is 1. The standard InChI is InChI=1S/C12H17NOS2/c1-2-10-3-4-12(16-10)11(14)9-13-5-7-15-8-6-13/h3-4H,2,5-9H2,1H3. The molecule has 0 aliphatic carbocycles. The van der Waals surface area contributed by atoms with E-state index in [1.807, 2.05) is 17.8 Å². The first kappa shape index (κ1) is 12.1. The second-order valence-electron chi connectivity index (χ2n) is 3.93. The van der Waals surface area contributed by atoms with Crippen LogP contribution >= 0.6 is 23.1 Å². The summed E-state index contributed by atoms with van der Waals surface area (Å²) in [4.78, 5) is 16.5. The third-order valence-corrected chi connectivity index (χ3v) is 4.97. The lowest BCUT2D eigenvalue weighted by atomic mass is 10.3. The van der Waals surface area contributed by atoms with E-state index in [4.69, 9.17) is 0 Å². The van der Waals surface area contributed by atoms with Gasteiger partial charge in [0.15, 0.2) is 5.78 Å². The Morgan fingerprint density at radius 1 is 1.38 bits per heavy atom. The summed E-state index contributed by atoms with van der Waals surface area (Å²) in [7, 11) is 0. The fraction of sp³-hybridized carbons (Fsp3) is 0.583. The van der Waals surface area contributed by atoms with Gasteiger partial charge in [-0.15, -0.1) is 11.3 Å². The molecule has 0 atom stereocenters. The number of thioether (sulfide) groups is 1. The monoisotopic (exact) mass is 255 g/mol. The van der Waals surface area contributed by atoms with Crippen molar-refractivity contribution in [2.75, 3.05) is 31.1 Å². The molecule has 4 heteroatoms. The molecule has 2 rings (SSSR count). The smallest absolute Gasteiger partial charge is 0.186 e. The fourth-order valence-electron chi connectivity index (χ4n) is 1.76. The van der Waals surface area contributed by atoms with Gasteiger partial charge in [-0.1, -0.05) is 6.92 Å². The minimum Gasteiger partial charge on any atom is -0.294 e. The van der Waals surface area contributed by atoms with Crippen molar-refractivity contribution in [3.8, 4) is 0 Å². The lowest BCUT2D eigenvalue weighted by Crippen LogP contribution is -2.36. The van der Waals surface area contributed by atoms with Crippen molar-refractivity contribution in [3.05, 3.63) is 21.9 Å². The van der Waals surface area contributed by atoms with E-state index < -0.39 is 0 Å². The molecule has 1 aromatic rings. The van der Waals surface area contributed by atoms with Crippen molar-refractivity contribution < 1.29 is 4.79 Å². The molecule has 0 unspecified atom stereocenters. The topological polar surface area (TPSA) is 20.3 Å². The Kier molecular flexibility index (Phi) is 4.44. The highest BCUT2D eigenvalue weighted by molar-refractivity contribution is 7.99. The van der Waals surface area contributed by atoms with E-state index >= 15 is 0 Å². The third kappa shape index (κ3) is 3.09. The van der Waals surface area contributed by atoms with Crippen LogP contribution in [-0.2, 0) is 6.42 Å². The molecular formula is C12H17NOS2. The van der Waals surface area contributed by atoms with E-state index in [0.717, 1.165) is 35.9 Å². The van der Waals surface area contributed by atoms with Crippen LogP contribution < -0.4 is 0 Å². The number of aryl methyl sites for hydroxylation is 1. The van der Waals surface area contributed by atoms with Gasteiger partial charge in [-0.2, -0.15) is 11.8 Å². The van der Waals surface area contributed by atoms with Gasteiger partial charge in [0.05, 0.1) is 11.4 Å². The maximum Gasteiger partial charge on any atom is 0.186 e. The summed E-state index contributed by atoms with van der Waals surface area (Å²) in [5.74, 6) is 2.62. The van der Waals surface area contributed by atoms with Crippen molar-refractivity contribution >= 4 is 28.9 Å². The van der Waals surface area contributed by atoms with Crippen molar-refractivity contribution in [1.29, 1.82) is 0 Å². The summed E-state index contributed by atoms with van der Waals surface area (Å²) in [5.41, 5.74) is 0. The molecule has 2 nitrogen and oxygen atoms in total. The molecule has 1 aromatic heterocycles. The highest BCUT2D eigenvalue weighted by atomic mass is 32.2. The van der Waals surface area contributed by atoms with E-state index in [1.165, 1.54) is 4.88 Å². The average Bonchev–Trinajstić information content (AvgIpc) is 2.79.